The average molecular weight is 741 g/mol. The third-order valence-corrected chi connectivity index (χ3v) is 12.1. The van der Waals surface area contributed by atoms with Crippen LogP contribution in [0.15, 0.2) is 203 Å². The van der Waals surface area contributed by atoms with E-state index in [1.165, 1.54) is 43.8 Å². The first kappa shape index (κ1) is 31.4. The summed E-state index contributed by atoms with van der Waals surface area (Å²) >= 11 is 0. The number of benzene rings is 9. The van der Waals surface area contributed by atoms with Crippen molar-refractivity contribution in [2.45, 2.75) is 0 Å². The first-order valence-corrected chi connectivity index (χ1v) is 19.7. The highest BCUT2D eigenvalue weighted by Crippen LogP contribution is 2.42. The van der Waals surface area contributed by atoms with Crippen LogP contribution in [0.1, 0.15) is 0 Å². The minimum absolute atomic E-state index is 0.888. The first-order chi connectivity index (χ1) is 28.7. The molecule has 270 valence electrons. The molecule has 0 fully saturated rings. The van der Waals surface area contributed by atoms with Gasteiger partial charge in [-0.25, -0.2) is 0 Å². The van der Waals surface area contributed by atoms with Crippen LogP contribution in [0.25, 0.3) is 121 Å². The summed E-state index contributed by atoms with van der Waals surface area (Å²) in [5.41, 5.74) is 15.1. The van der Waals surface area contributed by atoms with E-state index in [0.717, 1.165) is 77.3 Å². The van der Waals surface area contributed by atoms with E-state index >= 15 is 0 Å². The molecule has 13 rings (SSSR count). The molecule has 0 aliphatic rings. The molecular formula is C54H32N2O2. The smallest absolute Gasteiger partial charge is 0.137 e. The first-order valence-electron chi connectivity index (χ1n) is 19.7. The van der Waals surface area contributed by atoms with Gasteiger partial charge < -0.3 is 18.0 Å². The van der Waals surface area contributed by atoms with Gasteiger partial charge in [-0.2, -0.15) is 0 Å². The Labute approximate surface area is 332 Å². The Bertz CT molecular complexity index is 3770. The highest BCUT2D eigenvalue weighted by molar-refractivity contribution is 6.20. The molecule has 0 N–H and O–H groups in total. The quantitative estimate of drug-likeness (QED) is 0.180. The molecule has 0 spiro atoms. The lowest BCUT2D eigenvalue weighted by atomic mass is 10.00. The zero-order chi connectivity index (χ0) is 37.9. The van der Waals surface area contributed by atoms with Crippen molar-refractivity contribution < 1.29 is 8.83 Å². The second kappa shape index (κ2) is 11.8. The molecule has 4 aromatic heterocycles. The molecular weight excluding hydrogens is 709 g/mol. The van der Waals surface area contributed by atoms with E-state index in [9.17, 15) is 0 Å². The number of furan rings is 2. The minimum Gasteiger partial charge on any atom is -0.456 e. The van der Waals surface area contributed by atoms with Crippen LogP contribution < -0.4 is 0 Å². The van der Waals surface area contributed by atoms with Crippen LogP contribution in [0, 0.1) is 0 Å². The molecule has 13 aromatic rings. The molecule has 0 amide bonds. The molecule has 9 aromatic carbocycles. The summed E-state index contributed by atoms with van der Waals surface area (Å²) < 4.78 is 17.6. The van der Waals surface area contributed by atoms with E-state index in [2.05, 4.69) is 185 Å². The number of hydrogen-bond acceptors (Lipinski definition) is 2. The third-order valence-electron chi connectivity index (χ3n) is 12.1. The van der Waals surface area contributed by atoms with Crippen LogP contribution in [-0.2, 0) is 0 Å². The van der Waals surface area contributed by atoms with E-state index in [0.29, 0.717) is 0 Å². The Hall–Kier alpha value is -7.82. The van der Waals surface area contributed by atoms with E-state index in [1.54, 1.807) is 0 Å². The topological polar surface area (TPSA) is 36.1 Å². The van der Waals surface area contributed by atoms with Crippen LogP contribution in [0.3, 0.4) is 0 Å². The molecule has 0 unspecified atom stereocenters. The number of nitrogens with zero attached hydrogens (tertiary/aromatic N) is 2. The number of hydrogen-bond donors (Lipinski definition) is 0. The van der Waals surface area contributed by atoms with Gasteiger partial charge in [0.2, 0.25) is 0 Å². The summed E-state index contributed by atoms with van der Waals surface area (Å²) in [6.45, 7) is 0. The summed E-state index contributed by atoms with van der Waals surface area (Å²) in [6.07, 6.45) is 0. The fraction of sp³-hybridized carbons (Fsp3) is 0. The Morgan fingerprint density at radius 2 is 0.655 bits per heavy atom. The molecule has 0 saturated carbocycles. The molecule has 0 aliphatic carbocycles. The number of rotatable bonds is 4. The zero-order valence-corrected chi connectivity index (χ0v) is 31.2. The van der Waals surface area contributed by atoms with Crippen molar-refractivity contribution in [3.8, 4) is 33.6 Å². The summed E-state index contributed by atoms with van der Waals surface area (Å²) in [5.74, 6) is 0. The van der Waals surface area contributed by atoms with Gasteiger partial charge in [0, 0.05) is 66.6 Å². The molecule has 4 heterocycles. The van der Waals surface area contributed by atoms with Crippen LogP contribution in [-0.4, -0.2) is 9.13 Å². The third kappa shape index (κ3) is 4.51. The monoisotopic (exact) mass is 740 g/mol. The van der Waals surface area contributed by atoms with Crippen molar-refractivity contribution in [1.29, 1.82) is 0 Å². The second-order valence-electron chi connectivity index (χ2n) is 15.3. The fourth-order valence-electron chi connectivity index (χ4n) is 9.40. The SMILES string of the molecule is c1ccc(-c2ccc(-n3c4ccc(-c5ccc6c(c5)c5cc7c(cc5n6-c5ccccc5)oc5ccccc57)cc4c4cc5c(cc43)oc3ccccc35)cc2)cc1. The maximum Gasteiger partial charge on any atom is 0.137 e. The highest BCUT2D eigenvalue weighted by Gasteiger charge is 2.20. The maximum absolute atomic E-state index is 6.45. The number of fused-ring (bicyclic) bond motifs is 12. The van der Waals surface area contributed by atoms with E-state index < -0.39 is 0 Å². The van der Waals surface area contributed by atoms with Crippen molar-refractivity contribution in [1.82, 2.24) is 9.13 Å². The summed E-state index contributed by atoms with van der Waals surface area (Å²) in [7, 11) is 0. The fourth-order valence-corrected chi connectivity index (χ4v) is 9.40. The van der Waals surface area contributed by atoms with Crippen molar-refractivity contribution in [2.75, 3.05) is 0 Å². The van der Waals surface area contributed by atoms with E-state index in [1.807, 2.05) is 18.2 Å². The van der Waals surface area contributed by atoms with Crippen molar-refractivity contribution in [3.05, 3.63) is 194 Å². The van der Waals surface area contributed by atoms with Crippen LogP contribution in [0.2, 0.25) is 0 Å². The normalized spacial score (nSPS) is 12.1. The molecule has 58 heavy (non-hydrogen) atoms. The van der Waals surface area contributed by atoms with Gasteiger partial charge in [-0.3, -0.25) is 0 Å². The Morgan fingerprint density at radius 3 is 1.19 bits per heavy atom. The van der Waals surface area contributed by atoms with Gasteiger partial charge >= 0.3 is 0 Å². The van der Waals surface area contributed by atoms with Crippen LogP contribution in [0.5, 0.6) is 0 Å². The van der Waals surface area contributed by atoms with Gasteiger partial charge in [-0.05, 0) is 95.1 Å². The maximum atomic E-state index is 6.45. The molecule has 0 aliphatic heterocycles. The van der Waals surface area contributed by atoms with Crippen LogP contribution in [0.4, 0.5) is 0 Å². The molecule has 0 saturated heterocycles. The van der Waals surface area contributed by atoms with Gasteiger partial charge in [-0.15, -0.1) is 0 Å². The molecule has 0 radical (unpaired) electrons. The average Bonchev–Trinajstić information content (AvgIpc) is 4.02. The predicted octanol–water partition coefficient (Wildman–Crippen LogP) is 15.0. The Morgan fingerprint density at radius 1 is 0.241 bits per heavy atom. The standard InChI is InChI=1S/C54H32N2O2/c1-3-11-33(12-4-1)34-19-23-38(24-20-34)56-48-26-22-36(28-42(48)44-30-46-40-16-8-10-18-52(40)58-54(46)32-50(44)56)35-21-25-47-41(27-35)43-29-45-39-15-7-9-17-51(39)57-53(45)31-49(43)55(47)37-13-5-2-6-14-37/h1-32H. The molecule has 4 nitrogen and oxygen atoms in total. The summed E-state index contributed by atoms with van der Waals surface area (Å²) in [4.78, 5) is 0. The summed E-state index contributed by atoms with van der Waals surface area (Å²) in [5, 5.41) is 9.31. The Kier molecular flexibility index (Phi) is 6.41. The Balaban J connectivity index is 1.05. The highest BCUT2D eigenvalue weighted by atomic mass is 16.3. The second-order valence-corrected chi connectivity index (χ2v) is 15.3. The lowest BCUT2D eigenvalue weighted by Crippen LogP contribution is -1.94. The number of aromatic nitrogens is 2. The van der Waals surface area contributed by atoms with Crippen LogP contribution >= 0.6 is 0 Å². The van der Waals surface area contributed by atoms with Gasteiger partial charge in [0.15, 0.2) is 0 Å². The lowest BCUT2D eigenvalue weighted by molar-refractivity contribution is 0.669. The minimum atomic E-state index is 0.888. The van der Waals surface area contributed by atoms with Crippen molar-refractivity contribution in [3.63, 3.8) is 0 Å². The van der Waals surface area contributed by atoms with E-state index in [-0.39, 0.29) is 0 Å². The lowest BCUT2D eigenvalue weighted by Gasteiger charge is -2.10. The van der Waals surface area contributed by atoms with Gasteiger partial charge in [-0.1, -0.05) is 109 Å². The zero-order valence-electron chi connectivity index (χ0n) is 31.2. The van der Waals surface area contributed by atoms with Gasteiger partial charge in [0.05, 0.1) is 22.1 Å². The largest absolute Gasteiger partial charge is 0.456 e. The number of para-hydroxylation sites is 3. The molecule has 0 atom stereocenters. The van der Waals surface area contributed by atoms with E-state index in [4.69, 9.17) is 8.83 Å². The molecule has 0 bridgehead atoms. The summed E-state index contributed by atoms with van der Waals surface area (Å²) in [6, 6.07) is 69.7. The van der Waals surface area contributed by atoms with Gasteiger partial charge in [0.1, 0.15) is 22.3 Å². The van der Waals surface area contributed by atoms with Crippen molar-refractivity contribution in [2.24, 2.45) is 0 Å². The molecule has 4 heteroatoms. The van der Waals surface area contributed by atoms with Crippen molar-refractivity contribution >= 4 is 87.5 Å². The van der Waals surface area contributed by atoms with Gasteiger partial charge in [0.25, 0.3) is 0 Å². The predicted molar refractivity (Wildman–Crippen MR) is 241 cm³/mol.